The van der Waals surface area contributed by atoms with Gasteiger partial charge in [0.15, 0.2) is 0 Å². The van der Waals surface area contributed by atoms with E-state index in [-0.39, 0.29) is 30.9 Å². The molecule has 20 heavy (non-hydrogen) atoms. The molecule has 1 heterocycles. The van der Waals surface area contributed by atoms with Crippen LogP contribution >= 0.6 is 12.4 Å². The van der Waals surface area contributed by atoms with Gasteiger partial charge in [-0.25, -0.2) is 0 Å². The number of rotatable bonds is 4. The van der Waals surface area contributed by atoms with Crippen LogP contribution in [0.15, 0.2) is 24.3 Å². The Labute approximate surface area is 124 Å². The first-order valence-corrected chi connectivity index (χ1v) is 6.50. The average molecular weight is 301 g/mol. The summed E-state index contributed by atoms with van der Waals surface area (Å²) in [5.74, 6) is -0.177. The molecule has 3 unspecified atom stereocenters. The van der Waals surface area contributed by atoms with Crippen molar-refractivity contribution in [3.8, 4) is 0 Å². The van der Waals surface area contributed by atoms with Crippen LogP contribution in [-0.4, -0.2) is 41.4 Å². The Hall–Kier alpha value is -1.14. The van der Waals surface area contributed by atoms with E-state index in [9.17, 15) is 15.0 Å². The first-order valence-electron chi connectivity index (χ1n) is 6.50. The first-order chi connectivity index (χ1) is 9.08. The third-order valence-electron chi connectivity index (χ3n) is 3.44. The van der Waals surface area contributed by atoms with Gasteiger partial charge in [0.1, 0.15) is 0 Å². The summed E-state index contributed by atoms with van der Waals surface area (Å²) in [5, 5.41) is 25.1. The third kappa shape index (κ3) is 4.18. The number of halogens is 1. The number of aliphatic hydroxyl groups is 2. The van der Waals surface area contributed by atoms with Gasteiger partial charge in [-0.05, 0) is 24.5 Å². The number of nitrogens with one attached hydrogen (secondary N) is 2. The molecule has 1 aliphatic heterocycles. The summed E-state index contributed by atoms with van der Waals surface area (Å²) in [6.45, 7) is 2.55. The lowest BCUT2D eigenvalue weighted by Crippen LogP contribution is -2.41. The molecular formula is C14H21ClN2O3. The Morgan fingerprint density at radius 1 is 1.50 bits per heavy atom. The van der Waals surface area contributed by atoms with Crippen LogP contribution in [0.25, 0.3) is 0 Å². The van der Waals surface area contributed by atoms with Gasteiger partial charge >= 0.3 is 0 Å². The molecule has 1 fully saturated rings. The molecule has 2 rings (SSSR count). The first kappa shape index (κ1) is 16.9. The number of carbonyl (C=O) groups excluding carboxylic acids is 1. The fourth-order valence-corrected chi connectivity index (χ4v) is 2.31. The summed E-state index contributed by atoms with van der Waals surface area (Å²) >= 11 is 0. The minimum atomic E-state index is -0.712. The van der Waals surface area contributed by atoms with Gasteiger partial charge in [0.25, 0.3) is 0 Å². The van der Waals surface area contributed by atoms with E-state index in [0.29, 0.717) is 13.0 Å². The van der Waals surface area contributed by atoms with Crippen LogP contribution in [0.5, 0.6) is 0 Å². The van der Waals surface area contributed by atoms with Gasteiger partial charge in [-0.1, -0.05) is 24.3 Å². The highest BCUT2D eigenvalue weighted by molar-refractivity contribution is 5.85. The zero-order valence-electron chi connectivity index (χ0n) is 11.4. The lowest BCUT2D eigenvalue weighted by molar-refractivity contribution is -0.123. The van der Waals surface area contributed by atoms with Crippen LogP contribution in [0.1, 0.15) is 23.7 Å². The van der Waals surface area contributed by atoms with Crippen LogP contribution in [0.4, 0.5) is 0 Å². The Kier molecular flexibility index (Phi) is 6.42. The highest BCUT2D eigenvalue weighted by atomic mass is 35.5. The van der Waals surface area contributed by atoms with Crippen LogP contribution in [-0.2, 0) is 4.79 Å². The maximum Gasteiger partial charge on any atom is 0.237 e. The number of carbonyl (C=O) groups is 1. The van der Waals surface area contributed by atoms with Crippen molar-refractivity contribution in [3.05, 3.63) is 35.4 Å². The predicted molar refractivity (Wildman–Crippen MR) is 78.8 cm³/mol. The molecule has 3 atom stereocenters. The molecule has 1 aromatic carbocycles. The van der Waals surface area contributed by atoms with Gasteiger partial charge in [0.05, 0.1) is 18.2 Å². The van der Waals surface area contributed by atoms with E-state index in [2.05, 4.69) is 10.6 Å². The van der Waals surface area contributed by atoms with E-state index in [4.69, 9.17) is 0 Å². The summed E-state index contributed by atoms with van der Waals surface area (Å²) in [5.41, 5.74) is 1.82. The van der Waals surface area contributed by atoms with Gasteiger partial charge in [0.2, 0.25) is 5.91 Å². The molecule has 1 aliphatic rings. The van der Waals surface area contributed by atoms with Crippen molar-refractivity contribution in [3.63, 3.8) is 0 Å². The van der Waals surface area contributed by atoms with Gasteiger partial charge in [0, 0.05) is 13.1 Å². The third-order valence-corrected chi connectivity index (χ3v) is 3.44. The van der Waals surface area contributed by atoms with E-state index >= 15 is 0 Å². The summed E-state index contributed by atoms with van der Waals surface area (Å²) in [6.07, 6.45) is -0.750. The van der Waals surface area contributed by atoms with Crippen molar-refractivity contribution in [2.24, 2.45) is 0 Å². The molecule has 1 amide bonds. The summed E-state index contributed by atoms with van der Waals surface area (Å²) < 4.78 is 0. The molecule has 0 spiro atoms. The van der Waals surface area contributed by atoms with E-state index in [0.717, 1.165) is 11.1 Å². The predicted octanol–water partition coefficient (Wildman–Crippen LogP) is 0.289. The molecule has 112 valence electrons. The highest BCUT2D eigenvalue weighted by Gasteiger charge is 2.28. The second-order valence-corrected chi connectivity index (χ2v) is 4.97. The van der Waals surface area contributed by atoms with Crippen LogP contribution < -0.4 is 10.6 Å². The number of hydrogen-bond acceptors (Lipinski definition) is 4. The van der Waals surface area contributed by atoms with Crippen molar-refractivity contribution < 1.29 is 15.0 Å². The van der Waals surface area contributed by atoms with Crippen molar-refractivity contribution in [1.82, 2.24) is 10.6 Å². The zero-order valence-corrected chi connectivity index (χ0v) is 12.2. The molecule has 0 bridgehead atoms. The second kappa shape index (κ2) is 7.59. The van der Waals surface area contributed by atoms with Crippen molar-refractivity contribution in [2.45, 2.75) is 31.6 Å². The van der Waals surface area contributed by atoms with E-state index < -0.39 is 12.2 Å². The molecule has 4 N–H and O–H groups in total. The summed E-state index contributed by atoms with van der Waals surface area (Å²) in [4.78, 5) is 11.8. The number of aryl methyl sites for hydroxylation is 1. The standard InChI is InChI=1S/C14H20N2O3.ClH/c1-9-4-2-3-5-11(9)13(18)8-16-14(19)12-6-10(17)7-15-12;/h2-5,10,12-13,15,17-18H,6-8H2,1H3,(H,16,19);1H. The largest absolute Gasteiger partial charge is 0.392 e. The monoisotopic (exact) mass is 300 g/mol. The quantitative estimate of drug-likeness (QED) is 0.644. The summed E-state index contributed by atoms with van der Waals surface area (Å²) in [7, 11) is 0. The summed E-state index contributed by atoms with van der Waals surface area (Å²) in [6, 6.07) is 7.19. The molecule has 0 saturated carbocycles. The number of benzene rings is 1. The van der Waals surface area contributed by atoms with Crippen LogP contribution in [0.3, 0.4) is 0 Å². The normalized spacial score (nSPS) is 22.9. The lowest BCUT2D eigenvalue weighted by Gasteiger charge is -2.16. The Bertz CT molecular complexity index is 456. The highest BCUT2D eigenvalue weighted by Crippen LogP contribution is 2.16. The lowest BCUT2D eigenvalue weighted by atomic mass is 10.0. The zero-order chi connectivity index (χ0) is 13.8. The van der Waals surface area contributed by atoms with Gasteiger partial charge < -0.3 is 20.8 Å². The number of β-amino-alcohol motifs (C(OH)–C–C–N with tert-alkyl or cyclic N) is 1. The fraction of sp³-hybridized carbons (Fsp3) is 0.500. The molecule has 0 aliphatic carbocycles. The minimum Gasteiger partial charge on any atom is -0.392 e. The molecule has 5 nitrogen and oxygen atoms in total. The van der Waals surface area contributed by atoms with E-state index in [1.807, 2.05) is 31.2 Å². The van der Waals surface area contributed by atoms with E-state index in [1.54, 1.807) is 0 Å². The SMILES string of the molecule is Cc1ccccc1C(O)CNC(=O)C1CC(O)CN1.Cl. The average Bonchev–Trinajstić information content (AvgIpc) is 2.83. The van der Waals surface area contributed by atoms with Crippen LogP contribution in [0.2, 0.25) is 0 Å². The second-order valence-electron chi connectivity index (χ2n) is 4.97. The van der Waals surface area contributed by atoms with Crippen molar-refractivity contribution >= 4 is 18.3 Å². The maximum absolute atomic E-state index is 11.8. The molecular weight excluding hydrogens is 280 g/mol. The fourth-order valence-electron chi connectivity index (χ4n) is 2.31. The minimum absolute atomic E-state index is 0. The molecule has 1 saturated heterocycles. The number of amides is 1. The van der Waals surface area contributed by atoms with Gasteiger partial charge in [-0.3, -0.25) is 4.79 Å². The Morgan fingerprint density at radius 3 is 2.80 bits per heavy atom. The molecule has 0 aromatic heterocycles. The number of aliphatic hydroxyl groups excluding tert-OH is 2. The maximum atomic E-state index is 11.8. The van der Waals surface area contributed by atoms with Gasteiger partial charge in [-0.15, -0.1) is 12.4 Å². The van der Waals surface area contributed by atoms with Crippen molar-refractivity contribution in [1.29, 1.82) is 0 Å². The van der Waals surface area contributed by atoms with Crippen molar-refractivity contribution in [2.75, 3.05) is 13.1 Å². The smallest absolute Gasteiger partial charge is 0.237 e. The molecule has 1 aromatic rings. The topological polar surface area (TPSA) is 81.6 Å². The molecule has 0 radical (unpaired) electrons. The number of hydrogen-bond donors (Lipinski definition) is 4. The van der Waals surface area contributed by atoms with Crippen LogP contribution in [0, 0.1) is 6.92 Å². The van der Waals surface area contributed by atoms with E-state index in [1.165, 1.54) is 0 Å². The Balaban J connectivity index is 0.00000200. The Morgan fingerprint density at radius 2 is 2.20 bits per heavy atom. The molecule has 6 heteroatoms. The van der Waals surface area contributed by atoms with Gasteiger partial charge in [-0.2, -0.15) is 0 Å².